The monoisotopic (exact) mass is 448 g/mol. The summed E-state index contributed by atoms with van der Waals surface area (Å²) in [4.78, 5) is 11.2. The Morgan fingerprint density at radius 1 is 0.939 bits per heavy atom. The van der Waals surface area contributed by atoms with Gasteiger partial charge in [-0.25, -0.2) is 4.79 Å². The summed E-state index contributed by atoms with van der Waals surface area (Å²) in [6.45, 7) is 10.2. The Kier molecular flexibility index (Phi) is 6.88. The quantitative estimate of drug-likeness (QED) is 0.469. The summed E-state index contributed by atoms with van der Waals surface area (Å²) in [6.07, 6.45) is 10.3. The molecule has 2 aliphatic rings. The molecule has 1 N–H and O–H groups in total. The van der Waals surface area contributed by atoms with E-state index in [9.17, 15) is 4.79 Å². The zero-order valence-corrected chi connectivity index (χ0v) is 20.8. The number of aromatic carboxylic acids is 1. The first-order chi connectivity index (χ1) is 15.7. The molecule has 0 aromatic heterocycles. The van der Waals surface area contributed by atoms with Crippen molar-refractivity contribution in [1.82, 2.24) is 0 Å². The zero-order valence-electron chi connectivity index (χ0n) is 20.8. The van der Waals surface area contributed by atoms with Crippen LogP contribution in [0.5, 0.6) is 5.75 Å². The van der Waals surface area contributed by atoms with E-state index in [1.165, 1.54) is 61.6 Å². The van der Waals surface area contributed by atoms with Crippen LogP contribution in [0, 0.1) is 5.92 Å². The van der Waals surface area contributed by atoms with Crippen molar-refractivity contribution in [2.24, 2.45) is 5.92 Å². The standard InChI is InChI=1S/C30H40O3/c1-29(2)16-17-30(3,4)27-19-23(12-15-26(27)29)24(18-21-8-6-5-7-9-21)20-33-25-13-10-22(11-14-25)28(31)32/h10-15,19,21,24H,5-9,16-18,20H2,1-4H3,(H,31,32). The van der Waals surface area contributed by atoms with E-state index in [0.717, 1.165) is 18.1 Å². The largest absolute Gasteiger partial charge is 0.493 e. The molecular weight excluding hydrogens is 408 g/mol. The van der Waals surface area contributed by atoms with Gasteiger partial charge in [0, 0.05) is 5.92 Å². The van der Waals surface area contributed by atoms with Crippen molar-refractivity contribution >= 4 is 5.97 Å². The Balaban J connectivity index is 1.59. The van der Waals surface area contributed by atoms with Crippen molar-refractivity contribution in [2.45, 2.75) is 95.8 Å². The van der Waals surface area contributed by atoms with Crippen LogP contribution in [0.25, 0.3) is 0 Å². The molecule has 1 fully saturated rings. The van der Waals surface area contributed by atoms with Crippen LogP contribution in [-0.4, -0.2) is 17.7 Å². The molecule has 2 aromatic rings. The van der Waals surface area contributed by atoms with Crippen molar-refractivity contribution in [3.05, 3.63) is 64.7 Å². The predicted octanol–water partition coefficient (Wildman–Crippen LogP) is 7.87. The molecule has 3 nitrogen and oxygen atoms in total. The molecule has 2 aromatic carbocycles. The van der Waals surface area contributed by atoms with E-state index >= 15 is 0 Å². The molecular formula is C30H40O3. The first-order valence-corrected chi connectivity index (χ1v) is 12.8. The minimum atomic E-state index is -0.906. The lowest BCUT2D eigenvalue weighted by Crippen LogP contribution is -2.34. The predicted molar refractivity (Wildman–Crippen MR) is 135 cm³/mol. The smallest absolute Gasteiger partial charge is 0.335 e. The van der Waals surface area contributed by atoms with Crippen LogP contribution >= 0.6 is 0 Å². The fraction of sp³-hybridized carbons (Fsp3) is 0.567. The molecule has 0 spiro atoms. The summed E-state index contributed by atoms with van der Waals surface area (Å²) < 4.78 is 6.24. The second kappa shape index (κ2) is 9.52. The lowest BCUT2D eigenvalue weighted by atomic mass is 9.62. The minimum Gasteiger partial charge on any atom is -0.493 e. The third-order valence-corrected chi connectivity index (χ3v) is 8.24. The fourth-order valence-corrected chi connectivity index (χ4v) is 5.88. The molecule has 0 bridgehead atoms. The van der Waals surface area contributed by atoms with Crippen LogP contribution in [0.2, 0.25) is 0 Å². The van der Waals surface area contributed by atoms with Crippen LogP contribution in [0.1, 0.15) is 112 Å². The van der Waals surface area contributed by atoms with Gasteiger partial charge >= 0.3 is 5.97 Å². The summed E-state index contributed by atoms with van der Waals surface area (Å²) in [7, 11) is 0. The summed E-state index contributed by atoms with van der Waals surface area (Å²) in [5.74, 6) is 0.949. The topological polar surface area (TPSA) is 46.5 Å². The number of carboxylic acid groups (broad SMARTS) is 1. The van der Waals surface area contributed by atoms with Crippen molar-refractivity contribution in [1.29, 1.82) is 0 Å². The molecule has 3 heteroatoms. The van der Waals surface area contributed by atoms with E-state index in [4.69, 9.17) is 9.84 Å². The number of rotatable bonds is 7. The van der Waals surface area contributed by atoms with Gasteiger partial charge in [-0.15, -0.1) is 0 Å². The Bertz CT molecular complexity index is 965. The summed E-state index contributed by atoms with van der Waals surface area (Å²) >= 11 is 0. The highest BCUT2D eigenvalue weighted by atomic mass is 16.5. The van der Waals surface area contributed by atoms with Crippen molar-refractivity contribution < 1.29 is 14.6 Å². The van der Waals surface area contributed by atoms with Gasteiger partial charge in [0.2, 0.25) is 0 Å². The van der Waals surface area contributed by atoms with Gasteiger partial charge in [0.1, 0.15) is 5.75 Å². The van der Waals surface area contributed by atoms with Gasteiger partial charge in [-0.2, -0.15) is 0 Å². The molecule has 1 atom stereocenters. The molecule has 1 saturated carbocycles. The van der Waals surface area contributed by atoms with Gasteiger partial charge in [0.15, 0.2) is 0 Å². The van der Waals surface area contributed by atoms with Crippen molar-refractivity contribution in [3.63, 3.8) is 0 Å². The number of carbonyl (C=O) groups is 1. The van der Waals surface area contributed by atoms with Gasteiger partial charge in [-0.1, -0.05) is 78.0 Å². The Morgan fingerprint density at radius 2 is 1.58 bits per heavy atom. The van der Waals surface area contributed by atoms with Crippen LogP contribution < -0.4 is 4.74 Å². The molecule has 4 rings (SSSR count). The van der Waals surface area contributed by atoms with Gasteiger partial charge in [-0.05, 0) is 77.0 Å². The lowest BCUT2D eigenvalue weighted by molar-refractivity contribution is 0.0697. The highest BCUT2D eigenvalue weighted by Gasteiger charge is 2.37. The molecule has 0 aliphatic heterocycles. The number of hydrogen-bond donors (Lipinski definition) is 1. The zero-order chi connectivity index (χ0) is 23.6. The average Bonchev–Trinajstić information content (AvgIpc) is 2.80. The molecule has 0 radical (unpaired) electrons. The Morgan fingerprint density at radius 3 is 2.21 bits per heavy atom. The van der Waals surface area contributed by atoms with Crippen LogP contribution in [-0.2, 0) is 10.8 Å². The maximum atomic E-state index is 11.2. The minimum absolute atomic E-state index is 0.198. The number of carboxylic acids is 1. The summed E-state index contributed by atoms with van der Waals surface area (Å²) in [5.41, 5.74) is 5.13. The van der Waals surface area contributed by atoms with Crippen molar-refractivity contribution in [3.8, 4) is 5.75 Å². The van der Waals surface area contributed by atoms with Gasteiger partial charge in [0.25, 0.3) is 0 Å². The molecule has 1 unspecified atom stereocenters. The normalized spacial score (nSPS) is 20.6. The van der Waals surface area contributed by atoms with E-state index in [1.807, 2.05) is 0 Å². The van der Waals surface area contributed by atoms with E-state index < -0.39 is 5.97 Å². The average molecular weight is 449 g/mol. The van der Waals surface area contributed by atoms with E-state index in [2.05, 4.69) is 45.9 Å². The molecule has 178 valence electrons. The highest BCUT2D eigenvalue weighted by molar-refractivity contribution is 5.87. The van der Waals surface area contributed by atoms with Gasteiger partial charge in [0.05, 0.1) is 12.2 Å². The second-order valence-electron chi connectivity index (χ2n) is 11.6. The van der Waals surface area contributed by atoms with E-state index in [-0.39, 0.29) is 10.8 Å². The maximum absolute atomic E-state index is 11.2. The van der Waals surface area contributed by atoms with Crippen LogP contribution in [0.15, 0.2) is 42.5 Å². The van der Waals surface area contributed by atoms with E-state index in [0.29, 0.717) is 18.1 Å². The SMILES string of the molecule is CC1(C)CCC(C)(C)c2cc(C(COc3ccc(C(=O)O)cc3)CC3CCCCC3)ccc21. The highest BCUT2D eigenvalue weighted by Crippen LogP contribution is 2.47. The number of benzene rings is 2. The molecule has 33 heavy (non-hydrogen) atoms. The number of ether oxygens (including phenoxy) is 1. The van der Waals surface area contributed by atoms with Gasteiger partial charge < -0.3 is 9.84 Å². The maximum Gasteiger partial charge on any atom is 0.335 e. The molecule has 0 amide bonds. The van der Waals surface area contributed by atoms with Crippen molar-refractivity contribution in [2.75, 3.05) is 6.61 Å². The lowest BCUT2D eigenvalue weighted by Gasteiger charge is -2.42. The third-order valence-electron chi connectivity index (χ3n) is 8.24. The fourth-order valence-electron chi connectivity index (χ4n) is 5.88. The molecule has 0 saturated heterocycles. The number of fused-ring (bicyclic) bond motifs is 1. The first-order valence-electron chi connectivity index (χ1n) is 12.8. The van der Waals surface area contributed by atoms with Crippen LogP contribution in [0.4, 0.5) is 0 Å². The second-order valence-corrected chi connectivity index (χ2v) is 11.6. The van der Waals surface area contributed by atoms with E-state index in [1.54, 1.807) is 24.3 Å². The Labute approximate surface area is 199 Å². The summed E-state index contributed by atoms with van der Waals surface area (Å²) in [6, 6.07) is 14.0. The summed E-state index contributed by atoms with van der Waals surface area (Å²) in [5, 5.41) is 9.16. The molecule has 0 heterocycles. The van der Waals surface area contributed by atoms with Gasteiger partial charge in [-0.3, -0.25) is 0 Å². The first kappa shape index (κ1) is 23.9. The molecule has 2 aliphatic carbocycles. The number of hydrogen-bond acceptors (Lipinski definition) is 2. The Hall–Kier alpha value is -2.29. The van der Waals surface area contributed by atoms with Crippen LogP contribution in [0.3, 0.4) is 0 Å². The third kappa shape index (κ3) is 5.45.